The van der Waals surface area contributed by atoms with Crippen LogP contribution in [0.1, 0.15) is 34.7 Å². The molecule has 23 heavy (non-hydrogen) atoms. The van der Waals surface area contributed by atoms with Gasteiger partial charge in [-0.2, -0.15) is 0 Å². The minimum Gasteiger partial charge on any atom is -0.339 e. The van der Waals surface area contributed by atoms with Crippen molar-refractivity contribution in [3.8, 4) is 0 Å². The van der Waals surface area contributed by atoms with Crippen LogP contribution in [-0.2, 0) is 12.8 Å². The van der Waals surface area contributed by atoms with E-state index in [1.165, 1.54) is 35.1 Å². The van der Waals surface area contributed by atoms with Crippen molar-refractivity contribution in [3.05, 3.63) is 45.1 Å². The Morgan fingerprint density at radius 2 is 1.96 bits per heavy atom. The number of thiophene rings is 1. The summed E-state index contributed by atoms with van der Waals surface area (Å²) < 4.78 is 0. The van der Waals surface area contributed by atoms with Crippen LogP contribution in [0.3, 0.4) is 0 Å². The molecule has 3 nitrogen and oxygen atoms in total. The van der Waals surface area contributed by atoms with Crippen molar-refractivity contribution in [1.29, 1.82) is 0 Å². The molecule has 3 aromatic rings. The summed E-state index contributed by atoms with van der Waals surface area (Å²) in [6.07, 6.45) is 4.85. The fourth-order valence-electron chi connectivity index (χ4n) is 3.25. The zero-order valence-corrected chi connectivity index (χ0v) is 14.8. The van der Waals surface area contributed by atoms with Gasteiger partial charge in [0.15, 0.2) is 0 Å². The summed E-state index contributed by atoms with van der Waals surface area (Å²) in [6.45, 7) is 4.01. The lowest BCUT2D eigenvalue weighted by atomic mass is 9.97. The van der Waals surface area contributed by atoms with E-state index in [9.17, 15) is 0 Å². The Kier molecular flexibility index (Phi) is 3.74. The Morgan fingerprint density at radius 3 is 2.78 bits per heavy atom. The van der Waals surface area contributed by atoms with Crippen molar-refractivity contribution >= 4 is 44.7 Å². The third kappa shape index (κ3) is 2.70. The van der Waals surface area contributed by atoms with Crippen LogP contribution >= 0.6 is 22.9 Å². The molecule has 0 atom stereocenters. The van der Waals surface area contributed by atoms with Gasteiger partial charge in [-0.15, -0.1) is 11.3 Å². The summed E-state index contributed by atoms with van der Waals surface area (Å²) in [7, 11) is 0. The van der Waals surface area contributed by atoms with Crippen molar-refractivity contribution in [3.63, 3.8) is 0 Å². The van der Waals surface area contributed by atoms with Gasteiger partial charge in [-0.05, 0) is 68.9 Å². The van der Waals surface area contributed by atoms with Crippen molar-refractivity contribution in [1.82, 2.24) is 9.97 Å². The van der Waals surface area contributed by atoms with Crippen LogP contribution < -0.4 is 5.32 Å². The maximum Gasteiger partial charge on any atom is 0.143 e. The van der Waals surface area contributed by atoms with Gasteiger partial charge >= 0.3 is 0 Å². The standard InChI is InChI=1S/C18H18ClN3S/c1-10-9-12(19)7-8-14(10)22-17-16-13-5-3-4-6-15(13)23-18(16)21-11(2)20-17/h7-9H,3-6H2,1-2H3,(H,20,21,22). The van der Waals surface area contributed by atoms with Gasteiger partial charge in [0.1, 0.15) is 16.5 Å². The summed E-state index contributed by atoms with van der Waals surface area (Å²) >= 11 is 7.90. The Balaban J connectivity index is 1.87. The third-order valence-corrected chi connectivity index (χ3v) is 5.79. The van der Waals surface area contributed by atoms with Gasteiger partial charge in [0, 0.05) is 15.6 Å². The molecule has 5 heteroatoms. The zero-order chi connectivity index (χ0) is 16.0. The maximum atomic E-state index is 6.07. The minimum absolute atomic E-state index is 0.755. The van der Waals surface area contributed by atoms with Crippen molar-refractivity contribution < 1.29 is 0 Å². The van der Waals surface area contributed by atoms with E-state index in [2.05, 4.69) is 17.2 Å². The highest BCUT2D eigenvalue weighted by atomic mass is 35.5. The molecule has 0 spiro atoms. The number of fused-ring (bicyclic) bond motifs is 3. The van der Waals surface area contributed by atoms with Crippen LogP contribution in [0.15, 0.2) is 18.2 Å². The lowest BCUT2D eigenvalue weighted by Gasteiger charge is -2.14. The second kappa shape index (κ2) is 5.77. The molecule has 118 valence electrons. The number of nitrogens with zero attached hydrogens (tertiary/aromatic N) is 2. The number of benzene rings is 1. The Bertz CT molecular complexity index is 901. The topological polar surface area (TPSA) is 37.8 Å². The first kappa shape index (κ1) is 14.9. The Hall–Kier alpha value is -1.65. The first-order valence-electron chi connectivity index (χ1n) is 7.94. The fourth-order valence-corrected chi connectivity index (χ4v) is 4.78. The van der Waals surface area contributed by atoms with E-state index in [0.29, 0.717) is 0 Å². The second-order valence-corrected chi connectivity index (χ2v) is 7.61. The van der Waals surface area contributed by atoms with Crippen molar-refractivity contribution in [2.45, 2.75) is 39.5 Å². The number of aromatic nitrogens is 2. The average molecular weight is 344 g/mol. The van der Waals surface area contributed by atoms with Gasteiger partial charge in [0.25, 0.3) is 0 Å². The van der Waals surface area contributed by atoms with Crippen LogP contribution in [-0.4, -0.2) is 9.97 Å². The van der Waals surface area contributed by atoms with Gasteiger partial charge in [-0.1, -0.05) is 11.6 Å². The highest BCUT2D eigenvalue weighted by Gasteiger charge is 2.20. The third-order valence-electron chi connectivity index (χ3n) is 4.37. The highest BCUT2D eigenvalue weighted by molar-refractivity contribution is 7.19. The average Bonchev–Trinajstić information content (AvgIpc) is 2.88. The van der Waals surface area contributed by atoms with Gasteiger partial charge in [-0.25, -0.2) is 9.97 Å². The summed E-state index contributed by atoms with van der Waals surface area (Å²) in [5.41, 5.74) is 3.61. The molecule has 0 saturated heterocycles. The van der Waals surface area contributed by atoms with Crippen molar-refractivity contribution in [2.75, 3.05) is 5.32 Å². The molecule has 0 radical (unpaired) electrons. The second-order valence-electron chi connectivity index (χ2n) is 6.09. The van der Waals surface area contributed by atoms with E-state index < -0.39 is 0 Å². The molecule has 1 N–H and O–H groups in total. The molecule has 4 rings (SSSR count). The summed E-state index contributed by atoms with van der Waals surface area (Å²) in [6, 6.07) is 5.89. The summed E-state index contributed by atoms with van der Waals surface area (Å²) in [5, 5.41) is 5.48. The molecule has 2 aromatic heterocycles. The van der Waals surface area contributed by atoms with Crippen LogP contribution in [0.2, 0.25) is 5.02 Å². The molecular weight excluding hydrogens is 326 g/mol. The predicted molar refractivity (Wildman–Crippen MR) is 98.3 cm³/mol. The molecule has 0 amide bonds. The number of rotatable bonds is 2. The van der Waals surface area contributed by atoms with E-state index in [-0.39, 0.29) is 0 Å². The molecule has 0 bridgehead atoms. The molecule has 0 saturated carbocycles. The molecular formula is C18H18ClN3S. The Labute approximate surface area is 144 Å². The summed E-state index contributed by atoms with van der Waals surface area (Å²) in [5.74, 6) is 1.74. The minimum atomic E-state index is 0.755. The van der Waals surface area contributed by atoms with E-state index in [0.717, 1.165) is 39.2 Å². The molecule has 2 heterocycles. The first-order valence-corrected chi connectivity index (χ1v) is 9.13. The number of hydrogen-bond donors (Lipinski definition) is 1. The van der Waals surface area contributed by atoms with E-state index >= 15 is 0 Å². The highest BCUT2D eigenvalue weighted by Crippen LogP contribution is 2.39. The van der Waals surface area contributed by atoms with Gasteiger partial charge in [0.2, 0.25) is 0 Å². The predicted octanol–water partition coefficient (Wildman–Crippen LogP) is 5.58. The SMILES string of the molecule is Cc1nc(Nc2ccc(Cl)cc2C)c2c3c(sc2n1)CCCC3. The first-order chi connectivity index (χ1) is 11.1. The van der Waals surface area contributed by atoms with E-state index in [1.807, 2.05) is 36.5 Å². The molecule has 0 aliphatic heterocycles. The van der Waals surface area contributed by atoms with Crippen LogP contribution in [0.5, 0.6) is 0 Å². The number of aryl methyl sites for hydroxylation is 4. The van der Waals surface area contributed by atoms with Crippen molar-refractivity contribution in [2.24, 2.45) is 0 Å². The maximum absolute atomic E-state index is 6.07. The normalized spacial score (nSPS) is 14.0. The fraction of sp³-hybridized carbons (Fsp3) is 0.333. The van der Waals surface area contributed by atoms with Crippen LogP contribution in [0, 0.1) is 13.8 Å². The molecule has 1 aliphatic rings. The van der Waals surface area contributed by atoms with Gasteiger partial charge < -0.3 is 5.32 Å². The molecule has 1 aromatic carbocycles. The smallest absolute Gasteiger partial charge is 0.143 e. The van der Waals surface area contributed by atoms with Crippen LogP contribution in [0.4, 0.5) is 11.5 Å². The van der Waals surface area contributed by atoms with Gasteiger partial charge in [0.05, 0.1) is 5.39 Å². The van der Waals surface area contributed by atoms with Crippen LogP contribution in [0.25, 0.3) is 10.2 Å². The monoisotopic (exact) mass is 343 g/mol. The lowest BCUT2D eigenvalue weighted by Crippen LogP contribution is -2.02. The largest absolute Gasteiger partial charge is 0.339 e. The quantitative estimate of drug-likeness (QED) is 0.659. The van der Waals surface area contributed by atoms with E-state index in [4.69, 9.17) is 16.6 Å². The number of anilines is 2. The Morgan fingerprint density at radius 1 is 1.13 bits per heavy atom. The molecule has 0 fully saturated rings. The number of nitrogens with one attached hydrogen (secondary N) is 1. The van der Waals surface area contributed by atoms with E-state index in [1.54, 1.807) is 0 Å². The number of halogens is 1. The summed E-state index contributed by atoms with van der Waals surface area (Å²) in [4.78, 5) is 12.0. The zero-order valence-electron chi connectivity index (χ0n) is 13.2. The number of hydrogen-bond acceptors (Lipinski definition) is 4. The molecule has 1 aliphatic carbocycles. The van der Waals surface area contributed by atoms with Gasteiger partial charge in [-0.3, -0.25) is 0 Å². The molecule has 0 unspecified atom stereocenters. The lowest BCUT2D eigenvalue weighted by molar-refractivity contribution is 0.700.